The molecule has 3 N–H and O–H groups in total. The lowest BCUT2D eigenvalue weighted by atomic mass is 10.1. The number of nitrogens with one attached hydrogen (secondary N) is 2. The smallest absolute Gasteiger partial charge is 0.279 e. The van der Waals surface area contributed by atoms with Crippen LogP contribution in [0.2, 0.25) is 0 Å². The zero-order valence-electron chi connectivity index (χ0n) is 17.9. The number of benzene rings is 1. The zero-order chi connectivity index (χ0) is 22.7. The molecule has 31 heavy (non-hydrogen) atoms. The van der Waals surface area contributed by atoms with E-state index in [1.54, 1.807) is 44.5 Å². The van der Waals surface area contributed by atoms with E-state index in [2.05, 4.69) is 10.6 Å². The average molecular weight is 443 g/mol. The first-order valence-electron chi connectivity index (χ1n) is 10.0. The highest BCUT2D eigenvalue weighted by atomic mass is 32.1. The van der Waals surface area contributed by atoms with Gasteiger partial charge in [0.2, 0.25) is 0 Å². The second-order valence-corrected chi connectivity index (χ2v) is 8.23. The Balaban J connectivity index is 2.01. The number of imide groups is 1. The van der Waals surface area contributed by atoms with E-state index in [0.717, 1.165) is 9.78 Å². The monoisotopic (exact) mass is 442 g/mol. The summed E-state index contributed by atoms with van der Waals surface area (Å²) in [5.74, 6) is -1.57. The molecule has 2 heterocycles. The van der Waals surface area contributed by atoms with E-state index in [4.69, 9.17) is 0 Å². The maximum Gasteiger partial charge on any atom is 0.279 e. The minimum absolute atomic E-state index is 0.0478. The van der Waals surface area contributed by atoms with Crippen molar-refractivity contribution in [1.82, 2.24) is 15.1 Å². The van der Waals surface area contributed by atoms with E-state index in [0.29, 0.717) is 6.42 Å². The Morgan fingerprint density at radius 2 is 1.84 bits per heavy atom. The number of amides is 3. The summed E-state index contributed by atoms with van der Waals surface area (Å²) < 4.78 is 0. The number of para-hydroxylation sites is 1. The zero-order valence-corrected chi connectivity index (χ0v) is 18.7. The van der Waals surface area contributed by atoms with Gasteiger partial charge in [0.15, 0.2) is 5.75 Å². The summed E-state index contributed by atoms with van der Waals surface area (Å²) in [6.45, 7) is 3.93. The Morgan fingerprint density at radius 1 is 1.13 bits per heavy atom. The predicted molar refractivity (Wildman–Crippen MR) is 120 cm³/mol. The van der Waals surface area contributed by atoms with Crippen molar-refractivity contribution in [3.63, 3.8) is 0 Å². The third-order valence-corrected chi connectivity index (χ3v) is 6.02. The molecule has 0 spiro atoms. The molecule has 1 aromatic carbocycles. The Kier molecular flexibility index (Phi) is 6.65. The highest BCUT2D eigenvalue weighted by molar-refractivity contribution is 7.10. The van der Waals surface area contributed by atoms with Crippen LogP contribution >= 0.6 is 11.3 Å². The van der Waals surface area contributed by atoms with Crippen molar-refractivity contribution in [2.24, 2.45) is 0 Å². The number of carbonyl (C=O) groups is 3. The summed E-state index contributed by atoms with van der Waals surface area (Å²) in [6, 6.07) is 8.42. The second kappa shape index (κ2) is 9.22. The molecule has 2 aromatic rings. The number of thiophene rings is 1. The van der Waals surface area contributed by atoms with Gasteiger partial charge >= 0.3 is 0 Å². The molecule has 0 unspecified atom stereocenters. The van der Waals surface area contributed by atoms with Gasteiger partial charge in [-0.3, -0.25) is 19.3 Å². The van der Waals surface area contributed by atoms with Crippen LogP contribution in [0, 0.1) is 0 Å². The highest BCUT2D eigenvalue weighted by Crippen LogP contribution is 2.32. The van der Waals surface area contributed by atoms with E-state index in [1.807, 2.05) is 24.4 Å². The van der Waals surface area contributed by atoms with Gasteiger partial charge in [-0.2, -0.15) is 0 Å². The van der Waals surface area contributed by atoms with Crippen molar-refractivity contribution < 1.29 is 19.5 Å². The first-order valence-corrected chi connectivity index (χ1v) is 10.9. The van der Waals surface area contributed by atoms with E-state index in [-0.39, 0.29) is 46.9 Å². The Morgan fingerprint density at radius 3 is 2.42 bits per heavy atom. The first-order chi connectivity index (χ1) is 14.8. The third kappa shape index (κ3) is 4.27. The highest BCUT2D eigenvalue weighted by Gasteiger charge is 2.39. The molecule has 1 atom stereocenters. The minimum Gasteiger partial charge on any atom is -0.505 e. The van der Waals surface area contributed by atoms with Gasteiger partial charge in [0.05, 0.1) is 17.3 Å². The van der Waals surface area contributed by atoms with Crippen LogP contribution in [-0.4, -0.2) is 53.3 Å². The lowest BCUT2D eigenvalue weighted by molar-refractivity contribution is -0.137. The number of nitrogens with zero attached hydrogens (tertiary/aromatic N) is 2. The molecule has 1 aliphatic heterocycles. The second-order valence-electron chi connectivity index (χ2n) is 7.25. The molecule has 9 heteroatoms. The van der Waals surface area contributed by atoms with Crippen molar-refractivity contribution >= 4 is 34.7 Å². The topological polar surface area (TPSA) is 102 Å². The number of anilines is 1. The molecule has 3 amide bonds. The van der Waals surface area contributed by atoms with Crippen LogP contribution in [0.5, 0.6) is 5.75 Å². The molecule has 3 rings (SSSR count). The molecule has 0 aliphatic carbocycles. The van der Waals surface area contributed by atoms with E-state index < -0.39 is 11.8 Å². The molecular weight excluding hydrogens is 416 g/mol. The number of carbonyl (C=O) groups excluding carboxylic acids is 3. The van der Waals surface area contributed by atoms with Crippen LogP contribution in [0.4, 0.5) is 5.69 Å². The number of aromatic hydroxyl groups is 1. The third-order valence-electron chi connectivity index (χ3n) is 5.03. The van der Waals surface area contributed by atoms with Crippen molar-refractivity contribution in [3.05, 3.63) is 57.5 Å². The summed E-state index contributed by atoms with van der Waals surface area (Å²) in [6.07, 6.45) is 0.711. The van der Waals surface area contributed by atoms with Gasteiger partial charge < -0.3 is 20.6 Å². The van der Waals surface area contributed by atoms with Gasteiger partial charge in [-0.1, -0.05) is 19.1 Å². The van der Waals surface area contributed by atoms with Crippen molar-refractivity contribution in [2.45, 2.75) is 26.3 Å². The molecule has 0 fully saturated rings. The Labute approximate surface area is 185 Å². The summed E-state index contributed by atoms with van der Waals surface area (Å²) in [4.78, 5) is 41.8. The molecule has 8 nitrogen and oxygen atoms in total. The van der Waals surface area contributed by atoms with E-state index in [1.165, 1.54) is 11.0 Å². The quantitative estimate of drug-likeness (QED) is 0.429. The SMILES string of the molecule is CC[C@@H](NC1=C(Nc2cccc(C(=O)N(C)C)c2O)C(=O)N(CC)C1=O)c1cccs1. The largest absolute Gasteiger partial charge is 0.505 e. The molecule has 0 saturated carbocycles. The number of hydrogen-bond donors (Lipinski definition) is 3. The van der Waals surface area contributed by atoms with Crippen LogP contribution in [0.1, 0.15) is 41.5 Å². The molecule has 0 radical (unpaired) electrons. The number of rotatable bonds is 8. The normalized spacial score (nSPS) is 14.8. The number of likely N-dealkylation sites (N-methyl/N-ethyl adjacent to an activating group) is 1. The van der Waals surface area contributed by atoms with Crippen LogP contribution in [0.3, 0.4) is 0 Å². The van der Waals surface area contributed by atoms with Gasteiger partial charge in [0.1, 0.15) is 11.4 Å². The van der Waals surface area contributed by atoms with Gasteiger partial charge in [-0.05, 0) is 36.9 Å². The lowest BCUT2D eigenvalue weighted by Crippen LogP contribution is -2.34. The molecule has 164 valence electrons. The summed E-state index contributed by atoms with van der Waals surface area (Å²) >= 11 is 1.57. The molecule has 0 saturated heterocycles. The van der Waals surface area contributed by atoms with Gasteiger partial charge in [-0.25, -0.2) is 0 Å². The van der Waals surface area contributed by atoms with Crippen molar-refractivity contribution in [2.75, 3.05) is 26.0 Å². The summed E-state index contributed by atoms with van der Waals surface area (Å²) in [5, 5.41) is 18.7. The fraction of sp³-hybridized carbons (Fsp3) is 0.318. The number of phenols is 1. The van der Waals surface area contributed by atoms with Crippen LogP contribution in [0.15, 0.2) is 47.1 Å². The van der Waals surface area contributed by atoms with Crippen LogP contribution < -0.4 is 10.6 Å². The fourth-order valence-electron chi connectivity index (χ4n) is 3.34. The van der Waals surface area contributed by atoms with Crippen LogP contribution in [0.25, 0.3) is 0 Å². The van der Waals surface area contributed by atoms with Crippen molar-refractivity contribution in [3.8, 4) is 5.75 Å². The van der Waals surface area contributed by atoms with Gasteiger partial charge in [0.25, 0.3) is 17.7 Å². The Hall–Kier alpha value is -3.33. The summed E-state index contributed by atoms with van der Waals surface area (Å²) in [5.41, 5.74) is 0.465. The van der Waals surface area contributed by atoms with Crippen LogP contribution in [-0.2, 0) is 9.59 Å². The predicted octanol–water partition coefficient (Wildman–Crippen LogP) is 2.91. The first kappa shape index (κ1) is 22.4. The lowest BCUT2D eigenvalue weighted by Gasteiger charge is -2.18. The minimum atomic E-state index is -0.486. The van der Waals surface area contributed by atoms with E-state index in [9.17, 15) is 19.5 Å². The molecule has 1 aromatic heterocycles. The van der Waals surface area contributed by atoms with Gasteiger partial charge in [-0.15, -0.1) is 11.3 Å². The molecule has 0 bridgehead atoms. The number of phenolic OH excluding ortho intramolecular Hbond substituents is 1. The summed E-state index contributed by atoms with van der Waals surface area (Å²) in [7, 11) is 3.17. The van der Waals surface area contributed by atoms with Gasteiger partial charge in [0, 0.05) is 25.5 Å². The van der Waals surface area contributed by atoms with E-state index >= 15 is 0 Å². The number of hydrogen-bond acceptors (Lipinski definition) is 7. The maximum atomic E-state index is 12.9. The fourth-order valence-corrected chi connectivity index (χ4v) is 4.21. The molecule has 1 aliphatic rings. The maximum absolute atomic E-state index is 12.9. The standard InChI is InChI=1S/C22H26N4O4S/c1-5-14(16-11-8-12-31-16)23-17-18(22(30)26(6-2)21(17)29)24-15-10-7-9-13(19(15)27)20(28)25(3)4/h7-12,14,23-24,27H,5-6H2,1-4H3/t14-/m1/s1. The Bertz CT molecular complexity index is 1030. The molecular formula is C22H26N4O4S. The van der Waals surface area contributed by atoms with Crippen molar-refractivity contribution in [1.29, 1.82) is 0 Å². The average Bonchev–Trinajstić information content (AvgIpc) is 3.35.